The number of halogens is 2. The number of pyridine rings is 1. The van der Waals surface area contributed by atoms with E-state index < -0.39 is 0 Å². The van der Waals surface area contributed by atoms with E-state index in [9.17, 15) is 4.79 Å². The van der Waals surface area contributed by atoms with E-state index in [0.717, 1.165) is 18.8 Å². The standard InChI is InChI=1S/C22H25Cl2N5O/c1-3-13-7-9-15(10-8-13)26-21(30)14-11-18-20(25-12-14)29(2)22(27-18)28-19-16(23)5-4-6-17(19)24/h4-6,11-13,15H,3,7-10H2,1-2H3,(H,26,30)(H,27,28). The molecule has 1 fully saturated rings. The lowest BCUT2D eigenvalue weighted by atomic mass is 9.84. The van der Waals surface area contributed by atoms with Gasteiger partial charge in [0.1, 0.15) is 5.52 Å². The van der Waals surface area contributed by atoms with Crippen LogP contribution in [0.3, 0.4) is 0 Å². The van der Waals surface area contributed by atoms with Crippen LogP contribution < -0.4 is 10.6 Å². The summed E-state index contributed by atoms with van der Waals surface area (Å²) < 4.78 is 1.81. The van der Waals surface area contributed by atoms with Crippen molar-refractivity contribution in [2.45, 2.75) is 45.1 Å². The molecule has 6 nitrogen and oxygen atoms in total. The number of carbonyl (C=O) groups is 1. The van der Waals surface area contributed by atoms with Crippen LogP contribution in [0.4, 0.5) is 11.6 Å². The molecule has 0 saturated heterocycles. The molecule has 1 amide bonds. The van der Waals surface area contributed by atoms with E-state index >= 15 is 0 Å². The molecular weight excluding hydrogens is 421 g/mol. The zero-order valence-electron chi connectivity index (χ0n) is 17.1. The summed E-state index contributed by atoms with van der Waals surface area (Å²) in [7, 11) is 1.85. The van der Waals surface area contributed by atoms with Crippen molar-refractivity contribution in [1.82, 2.24) is 19.9 Å². The Morgan fingerprint density at radius 3 is 2.57 bits per heavy atom. The number of rotatable bonds is 5. The highest BCUT2D eigenvalue weighted by Crippen LogP contribution is 2.33. The molecule has 2 heterocycles. The topological polar surface area (TPSA) is 71.8 Å². The number of amides is 1. The molecule has 158 valence electrons. The molecule has 1 saturated carbocycles. The van der Waals surface area contributed by atoms with Crippen molar-refractivity contribution in [3.05, 3.63) is 46.1 Å². The molecule has 0 aliphatic heterocycles. The monoisotopic (exact) mass is 445 g/mol. The number of nitrogens with one attached hydrogen (secondary N) is 2. The molecule has 1 aliphatic rings. The number of aryl methyl sites for hydroxylation is 1. The largest absolute Gasteiger partial charge is 0.349 e. The summed E-state index contributed by atoms with van der Waals surface area (Å²) >= 11 is 12.5. The summed E-state index contributed by atoms with van der Waals surface area (Å²) in [4.78, 5) is 21.8. The van der Waals surface area contributed by atoms with Gasteiger partial charge in [-0.05, 0) is 49.8 Å². The smallest absolute Gasteiger partial charge is 0.253 e. The molecule has 3 aromatic rings. The third kappa shape index (κ3) is 4.25. The van der Waals surface area contributed by atoms with Crippen LogP contribution in [0.25, 0.3) is 11.2 Å². The number of para-hydroxylation sites is 1. The molecule has 30 heavy (non-hydrogen) atoms. The maximum Gasteiger partial charge on any atom is 0.253 e. The Balaban J connectivity index is 1.52. The number of fused-ring (bicyclic) bond motifs is 1. The van der Waals surface area contributed by atoms with E-state index in [1.807, 2.05) is 11.6 Å². The molecule has 2 N–H and O–H groups in total. The van der Waals surface area contributed by atoms with Gasteiger partial charge in [0, 0.05) is 19.3 Å². The fourth-order valence-electron chi connectivity index (χ4n) is 4.02. The van der Waals surface area contributed by atoms with E-state index in [0.29, 0.717) is 38.4 Å². The fourth-order valence-corrected chi connectivity index (χ4v) is 4.52. The Bertz CT molecular complexity index is 1050. The first-order valence-corrected chi connectivity index (χ1v) is 11.1. The van der Waals surface area contributed by atoms with E-state index in [1.165, 1.54) is 19.3 Å². The molecule has 0 radical (unpaired) electrons. The molecule has 0 bridgehead atoms. The van der Waals surface area contributed by atoms with Crippen LogP contribution in [0, 0.1) is 5.92 Å². The average molecular weight is 446 g/mol. The molecule has 0 unspecified atom stereocenters. The van der Waals surface area contributed by atoms with Crippen LogP contribution >= 0.6 is 23.2 Å². The number of anilines is 2. The molecule has 8 heteroatoms. The van der Waals surface area contributed by atoms with Crippen LogP contribution in [0.15, 0.2) is 30.5 Å². The van der Waals surface area contributed by atoms with E-state index in [4.69, 9.17) is 23.2 Å². The van der Waals surface area contributed by atoms with E-state index in [2.05, 4.69) is 27.5 Å². The van der Waals surface area contributed by atoms with Crippen LogP contribution in [-0.4, -0.2) is 26.5 Å². The number of hydrogen-bond acceptors (Lipinski definition) is 4. The summed E-state index contributed by atoms with van der Waals surface area (Å²) in [5.41, 5.74) is 2.40. The third-order valence-electron chi connectivity index (χ3n) is 5.93. The lowest BCUT2D eigenvalue weighted by Crippen LogP contribution is -2.37. The number of aromatic nitrogens is 3. The van der Waals surface area contributed by atoms with Crippen LogP contribution in [-0.2, 0) is 7.05 Å². The second-order valence-corrected chi connectivity index (χ2v) is 8.70. The molecule has 4 rings (SSSR count). The highest BCUT2D eigenvalue weighted by Gasteiger charge is 2.22. The number of benzene rings is 1. The highest BCUT2D eigenvalue weighted by molar-refractivity contribution is 6.39. The summed E-state index contributed by atoms with van der Waals surface area (Å²) in [5.74, 6) is 1.24. The van der Waals surface area contributed by atoms with Crippen LogP contribution in [0.2, 0.25) is 10.0 Å². The van der Waals surface area contributed by atoms with Crippen LogP contribution in [0.5, 0.6) is 0 Å². The van der Waals surface area contributed by atoms with Crippen molar-refractivity contribution in [3.63, 3.8) is 0 Å². The van der Waals surface area contributed by atoms with E-state index in [1.54, 1.807) is 30.5 Å². The lowest BCUT2D eigenvalue weighted by molar-refractivity contribution is 0.0921. The second-order valence-electron chi connectivity index (χ2n) is 7.88. The number of nitrogens with zero attached hydrogens (tertiary/aromatic N) is 3. The fraction of sp³-hybridized carbons (Fsp3) is 0.409. The van der Waals surface area contributed by atoms with Gasteiger partial charge in [-0.1, -0.05) is 42.6 Å². The van der Waals surface area contributed by atoms with Gasteiger partial charge in [-0.2, -0.15) is 0 Å². The van der Waals surface area contributed by atoms with Crippen molar-refractivity contribution in [2.24, 2.45) is 13.0 Å². The van der Waals surface area contributed by atoms with Gasteiger partial charge < -0.3 is 10.6 Å². The summed E-state index contributed by atoms with van der Waals surface area (Å²) in [6.07, 6.45) is 7.25. The minimum atomic E-state index is -0.0985. The third-order valence-corrected chi connectivity index (χ3v) is 6.56. The molecule has 2 aromatic heterocycles. The van der Waals surface area contributed by atoms with Gasteiger partial charge in [-0.15, -0.1) is 0 Å². The summed E-state index contributed by atoms with van der Waals surface area (Å²) in [5, 5.41) is 7.33. The van der Waals surface area contributed by atoms with Gasteiger partial charge in [0.2, 0.25) is 5.95 Å². The normalized spacial score (nSPS) is 19.1. The maximum absolute atomic E-state index is 12.7. The van der Waals surface area contributed by atoms with Gasteiger partial charge in [0.15, 0.2) is 5.65 Å². The first kappa shape index (κ1) is 20.9. The van der Waals surface area contributed by atoms with Crippen molar-refractivity contribution in [3.8, 4) is 0 Å². The van der Waals surface area contributed by atoms with E-state index in [-0.39, 0.29) is 11.9 Å². The molecule has 1 aliphatic carbocycles. The molecular formula is C22H25Cl2N5O. The number of carbonyl (C=O) groups excluding carboxylic acids is 1. The molecule has 0 atom stereocenters. The van der Waals surface area contributed by atoms with Gasteiger partial charge >= 0.3 is 0 Å². The Labute approximate surface area is 186 Å². The van der Waals surface area contributed by atoms with Crippen molar-refractivity contribution in [2.75, 3.05) is 5.32 Å². The minimum Gasteiger partial charge on any atom is -0.349 e. The second kappa shape index (κ2) is 8.82. The lowest BCUT2D eigenvalue weighted by Gasteiger charge is -2.28. The van der Waals surface area contributed by atoms with Gasteiger partial charge in [0.05, 0.1) is 21.3 Å². The SMILES string of the molecule is CCC1CCC(NC(=O)c2cnc3c(c2)nc(Nc2c(Cl)cccc2Cl)n3C)CC1. The highest BCUT2D eigenvalue weighted by atomic mass is 35.5. The van der Waals surface area contributed by atoms with Gasteiger partial charge in [0.25, 0.3) is 5.91 Å². The number of imidazole rings is 1. The maximum atomic E-state index is 12.7. The molecule has 0 spiro atoms. The summed E-state index contributed by atoms with van der Waals surface area (Å²) in [6, 6.07) is 7.31. The Kier molecular flexibility index (Phi) is 6.16. The summed E-state index contributed by atoms with van der Waals surface area (Å²) in [6.45, 7) is 2.24. The first-order chi connectivity index (χ1) is 14.5. The Morgan fingerprint density at radius 1 is 1.20 bits per heavy atom. The predicted octanol–water partition coefficient (Wildman–Crippen LogP) is 5.72. The zero-order valence-corrected chi connectivity index (χ0v) is 18.6. The predicted molar refractivity (Wildman–Crippen MR) is 122 cm³/mol. The zero-order chi connectivity index (χ0) is 21.3. The van der Waals surface area contributed by atoms with Crippen molar-refractivity contribution < 1.29 is 4.79 Å². The van der Waals surface area contributed by atoms with Crippen LogP contribution in [0.1, 0.15) is 49.4 Å². The Morgan fingerprint density at radius 2 is 1.90 bits per heavy atom. The molecule has 1 aromatic carbocycles. The first-order valence-electron chi connectivity index (χ1n) is 10.3. The minimum absolute atomic E-state index is 0.0985. The van der Waals surface area contributed by atoms with Crippen molar-refractivity contribution >= 4 is 51.9 Å². The average Bonchev–Trinajstić information content (AvgIpc) is 3.06. The van der Waals surface area contributed by atoms with Gasteiger partial charge in [-0.3, -0.25) is 9.36 Å². The quantitative estimate of drug-likeness (QED) is 0.526. The number of hydrogen-bond donors (Lipinski definition) is 2. The van der Waals surface area contributed by atoms with Crippen molar-refractivity contribution in [1.29, 1.82) is 0 Å². The Hall–Kier alpha value is -2.31. The van der Waals surface area contributed by atoms with Gasteiger partial charge in [-0.25, -0.2) is 9.97 Å².